The maximum absolute atomic E-state index is 12.0. The summed E-state index contributed by atoms with van der Waals surface area (Å²) in [5.74, 6) is -0.00369. The average Bonchev–Trinajstić information content (AvgIpc) is 2.67. The highest BCUT2D eigenvalue weighted by molar-refractivity contribution is 9.10. The Labute approximate surface area is 183 Å². The van der Waals surface area contributed by atoms with Crippen LogP contribution in [0.4, 0.5) is 11.4 Å². The minimum Gasteiger partial charge on any atom is -0.351 e. The van der Waals surface area contributed by atoms with E-state index < -0.39 is 0 Å². The summed E-state index contributed by atoms with van der Waals surface area (Å²) in [6.07, 6.45) is 0. The second-order valence-corrected chi connectivity index (χ2v) is 8.57. The van der Waals surface area contributed by atoms with Crippen LogP contribution >= 0.6 is 27.7 Å². The van der Waals surface area contributed by atoms with E-state index in [0.717, 1.165) is 15.7 Å². The summed E-state index contributed by atoms with van der Waals surface area (Å²) in [5.41, 5.74) is 2.37. The van der Waals surface area contributed by atoms with Gasteiger partial charge < -0.3 is 16.0 Å². The van der Waals surface area contributed by atoms with Crippen LogP contribution in [0.1, 0.15) is 19.4 Å². The van der Waals surface area contributed by atoms with Gasteiger partial charge >= 0.3 is 0 Å². The van der Waals surface area contributed by atoms with Gasteiger partial charge in [-0.25, -0.2) is 0 Å². The number of carbonyl (C=O) groups excluding carboxylic acids is 3. The number of amides is 3. The predicted octanol–water partition coefficient (Wildman–Crippen LogP) is 4.03. The van der Waals surface area contributed by atoms with E-state index >= 15 is 0 Å². The summed E-state index contributed by atoms with van der Waals surface area (Å²) < 4.78 is 0.887. The lowest BCUT2D eigenvalue weighted by atomic mass is 10.1. The molecule has 154 valence electrons. The Bertz CT molecular complexity index is 857. The molecule has 3 amide bonds. The molecule has 0 fully saturated rings. The van der Waals surface area contributed by atoms with Gasteiger partial charge in [-0.15, -0.1) is 11.8 Å². The molecule has 0 aliphatic carbocycles. The highest BCUT2D eigenvalue weighted by atomic mass is 79.9. The topological polar surface area (TPSA) is 87.3 Å². The molecule has 0 spiro atoms. The van der Waals surface area contributed by atoms with Gasteiger partial charge in [0.15, 0.2) is 0 Å². The highest BCUT2D eigenvalue weighted by Gasteiger charge is 2.08. The molecular formula is C21H24BrN3O3S. The Morgan fingerprint density at radius 1 is 0.931 bits per heavy atom. The van der Waals surface area contributed by atoms with Crippen LogP contribution in [0.25, 0.3) is 0 Å². The summed E-state index contributed by atoms with van der Waals surface area (Å²) in [5, 5.41) is 8.43. The van der Waals surface area contributed by atoms with Crippen LogP contribution < -0.4 is 16.0 Å². The number of hydrogen-bond acceptors (Lipinski definition) is 4. The van der Waals surface area contributed by atoms with E-state index in [0.29, 0.717) is 12.2 Å². The van der Waals surface area contributed by atoms with Crippen LogP contribution in [0, 0.1) is 5.92 Å². The Balaban J connectivity index is 1.66. The van der Waals surface area contributed by atoms with Gasteiger partial charge in [-0.3, -0.25) is 14.4 Å². The molecule has 29 heavy (non-hydrogen) atoms. The zero-order chi connectivity index (χ0) is 21.2. The van der Waals surface area contributed by atoms with Gasteiger partial charge in [0.2, 0.25) is 17.7 Å². The fourth-order valence-corrected chi connectivity index (χ4v) is 3.29. The Kier molecular flexibility index (Phi) is 9.21. The lowest BCUT2D eigenvalue weighted by Crippen LogP contribution is -2.25. The van der Waals surface area contributed by atoms with Gasteiger partial charge in [-0.2, -0.15) is 0 Å². The molecule has 0 radical (unpaired) electrons. The Morgan fingerprint density at radius 2 is 1.62 bits per heavy atom. The molecule has 8 heteroatoms. The van der Waals surface area contributed by atoms with Crippen LogP contribution in [0.3, 0.4) is 0 Å². The zero-order valence-corrected chi connectivity index (χ0v) is 18.7. The number of anilines is 2. The summed E-state index contributed by atoms with van der Waals surface area (Å²) in [6, 6.07) is 14.7. The van der Waals surface area contributed by atoms with Gasteiger partial charge in [-0.1, -0.05) is 48.0 Å². The fraction of sp³-hybridized carbons (Fsp3) is 0.286. The molecule has 2 rings (SSSR count). The van der Waals surface area contributed by atoms with E-state index in [1.54, 1.807) is 6.07 Å². The van der Waals surface area contributed by atoms with Crippen molar-refractivity contribution >= 4 is 56.8 Å². The molecule has 6 nitrogen and oxygen atoms in total. The SMILES string of the molecule is CC(C)C(=O)Nc1ccc(CNC(=O)CSCC(=O)Nc2cccc(Br)c2)cc1. The minimum atomic E-state index is -0.153. The lowest BCUT2D eigenvalue weighted by molar-refractivity contribution is -0.119. The Morgan fingerprint density at radius 3 is 2.28 bits per heavy atom. The third-order valence-corrected chi connectivity index (χ3v) is 5.24. The van der Waals surface area contributed by atoms with E-state index in [1.807, 2.05) is 56.3 Å². The second-order valence-electron chi connectivity index (χ2n) is 6.67. The molecule has 0 aliphatic rings. The molecule has 0 saturated carbocycles. The van der Waals surface area contributed by atoms with Gasteiger partial charge in [0.25, 0.3) is 0 Å². The number of rotatable bonds is 9. The summed E-state index contributed by atoms with van der Waals surface area (Å²) in [4.78, 5) is 35.6. The molecule has 0 unspecified atom stereocenters. The van der Waals surface area contributed by atoms with Crippen LogP contribution in [0.5, 0.6) is 0 Å². The molecule has 0 saturated heterocycles. The van der Waals surface area contributed by atoms with Crippen molar-refractivity contribution in [3.63, 3.8) is 0 Å². The van der Waals surface area contributed by atoms with Crippen molar-refractivity contribution in [1.29, 1.82) is 0 Å². The number of thioether (sulfide) groups is 1. The molecule has 3 N–H and O–H groups in total. The smallest absolute Gasteiger partial charge is 0.234 e. The lowest BCUT2D eigenvalue weighted by Gasteiger charge is -2.09. The maximum Gasteiger partial charge on any atom is 0.234 e. The molecule has 0 aromatic heterocycles. The zero-order valence-electron chi connectivity index (χ0n) is 16.3. The molecule has 0 aliphatic heterocycles. The van der Waals surface area contributed by atoms with Crippen LogP contribution in [0.15, 0.2) is 53.0 Å². The molecular weight excluding hydrogens is 454 g/mol. The van der Waals surface area contributed by atoms with Crippen molar-refractivity contribution in [3.8, 4) is 0 Å². The van der Waals surface area contributed by atoms with Crippen molar-refractivity contribution in [2.24, 2.45) is 5.92 Å². The summed E-state index contributed by atoms with van der Waals surface area (Å²) in [7, 11) is 0. The van der Waals surface area contributed by atoms with Gasteiger partial charge in [0.05, 0.1) is 11.5 Å². The maximum atomic E-state index is 12.0. The predicted molar refractivity (Wildman–Crippen MR) is 122 cm³/mol. The molecule has 0 atom stereocenters. The third kappa shape index (κ3) is 8.70. The Hall–Kier alpha value is -2.32. The third-order valence-electron chi connectivity index (χ3n) is 3.81. The van der Waals surface area contributed by atoms with Crippen molar-refractivity contribution in [1.82, 2.24) is 5.32 Å². The van der Waals surface area contributed by atoms with Crippen molar-refractivity contribution < 1.29 is 14.4 Å². The summed E-state index contributed by atoms with van der Waals surface area (Å²) in [6.45, 7) is 4.06. The first-order chi connectivity index (χ1) is 13.8. The number of nitrogens with one attached hydrogen (secondary N) is 3. The van der Waals surface area contributed by atoms with Crippen LogP contribution in [0.2, 0.25) is 0 Å². The summed E-state index contributed by atoms with van der Waals surface area (Å²) >= 11 is 4.61. The van der Waals surface area contributed by atoms with Crippen LogP contribution in [-0.2, 0) is 20.9 Å². The number of hydrogen-bond donors (Lipinski definition) is 3. The second kappa shape index (κ2) is 11.6. The number of halogens is 1. The fourth-order valence-electron chi connectivity index (χ4n) is 2.24. The molecule has 0 bridgehead atoms. The van der Waals surface area contributed by atoms with Crippen molar-refractivity contribution in [2.75, 3.05) is 22.1 Å². The van der Waals surface area contributed by atoms with E-state index in [-0.39, 0.29) is 35.1 Å². The average molecular weight is 478 g/mol. The highest BCUT2D eigenvalue weighted by Crippen LogP contribution is 2.16. The molecule has 2 aromatic rings. The normalized spacial score (nSPS) is 10.5. The molecule has 0 heterocycles. The van der Waals surface area contributed by atoms with E-state index in [4.69, 9.17) is 0 Å². The van der Waals surface area contributed by atoms with Gasteiger partial charge in [0.1, 0.15) is 0 Å². The van der Waals surface area contributed by atoms with Crippen LogP contribution in [-0.4, -0.2) is 29.2 Å². The molecule has 2 aromatic carbocycles. The number of benzene rings is 2. The first kappa shape index (κ1) is 23.0. The van der Waals surface area contributed by atoms with Gasteiger partial charge in [0, 0.05) is 28.3 Å². The van der Waals surface area contributed by atoms with E-state index in [1.165, 1.54) is 11.8 Å². The van der Waals surface area contributed by atoms with Crippen molar-refractivity contribution in [3.05, 3.63) is 58.6 Å². The van der Waals surface area contributed by atoms with Crippen molar-refractivity contribution in [2.45, 2.75) is 20.4 Å². The number of carbonyl (C=O) groups is 3. The minimum absolute atomic E-state index is 0.0352. The quantitative estimate of drug-likeness (QED) is 0.508. The monoisotopic (exact) mass is 477 g/mol. The van der Waals surface area contributed by atoms with E-state index in [9.17, 15) is 14.4 Å². The standard InChI is InChI=1S/C21H24BrN3O3S/c1-14(2)21(28)25-17-8-6-15(7-9-17)11-23-19(26)12-29-13-20(27)24-18-5-3-4-16(22)10-18/h3-10,14H,11-13H2,1-2H3,(H,23,26)(H,24,27)(H,25,28). The van der Waals surface area contributed by atoms with E-state index in [2.05, 4.69) is 31.9 Å². The van der Waals surface area contributed by atoms with Gasteiger partial charge in [-0.05, 0) is 35.9 Å². The first-order valence-electron chi connectivity index (χ1n) is 9.13. The largest absolute Gasteiger partial charge is 0.351 e. The first-order valence-corrected chi connectivity index (χ1v) is 11.1.